The summed E-state index contributed by atoms with van der Waals surface area (Å²) >= 11 is 0. The maximum Gasteiger partial charge on any atom is 0.144 e. The van der Waals surface area contributed by atoms with E-state index < -0.39 is 0 Å². The van der Waals surface area contributed by atoms with Crippen molar-refractivity contribution in [3.63, 3.8) is 0 Å². The molecule has 0 radical (unpaired) electrons. The average Bonchev–Trinajstić information content (AvgIpc) is 2.61. The predicted molar refractivity (Wildman–Crippen MR) is 101 cm³/mol. The fourth-order valence-corrected chi connectivity index (χ4v) is 4.23. The number of aryl methyl sites for hydroxylation is 1. The van der Waals surface area contributed by atoms with Gasteiger partial charge in [-0.3, -0.25) is 4.90 Å². The molecule has 0 saturated carbocycles. The molecule has 2 aliphatic heterocycles. The van der Waals surface area contributed by atoms with E-state index >= 15 is 0 Å². The highest BCUT2D eigenvalue weighted by atomic mass is 16.5. The van der Waals surface area contributed by atoms with Crippen LogP contribution in [0.15, 0.2) is 12.1 Å². The predicted octanol–water partition coefficient (Wildman–Crippen LogP) is 2.19. The van der Waals surface area contributed by atoms with Crippen LogP contribution in [0.5, 0.6) is 5.75 Å². The van der Waals surface area contributed by atoms with E-state index in [-0.39, 0.29) is 0 Å². The van der Waals surface area contributed by atoms with E-state index in [1.165, 1.54) is 56.8 Å². The SMILES string of the molecule is CCN1CCN(C2CCN(c3c(C)cc(N)cc3OC)CC2)CC1. The molecule has 0 bridgehead atoms. The highest BCUT2D eigenvalue weighted by Crippen LogP contribution is 2.36. The van der Waals surface area contributed by atoms with E-state index in [4.69, 9.17) is 10.5 Å². The van der Waals surface area contributed by atoms with Gasteiger partial charge in [-0.25, -0.2) is 0 Å². The van der Waals surface area contributed by atoms with Gasteiger partial charge in [0.05, 0.1) is 12.8 Å². The second-order valence-electron chi connectivity index (χ2n) is 7.08. The lowest BCUT2D eigenvalue weighted by atomic mass is 10.00. The fourth-order valence-electron chi connectivity index (χ4n) is 4.23. The van der Waals surface area contributed by atoms with E-state index in [2.05, 4.69) is 28.5 Å². The number of anilines is 2. The van der Waals surface area contributed by atoms with Crippen LogP contribution in [-0.2, 0) is 0 Å². The number of piperidine rings is 1. The zero-order valence-electron chi connectivity index (χ0n) is 15.4. The topological polar surface area (TPSA) is 45.0 Å². The number of nitrogen functional groups attached to an aromatic ring is 1. The quantitative estimate of drug-likeness (QED) is 0.857. The first-order valence-corrected chi connectivity index (χ1v) is 9.27. The Morgan fingerprint density at radius 2 is 1.75 bits per heavy atom. The van der Waals surface area contributed by atoms with E-state index in [9.17, 15) is 0 Å². The third kappa shape index (κ3) is 3.62. The molecule has 0 unspecified atom stereocenters. The van der Waals surface area contributed by atoms with Gasteiger partial charge in [0, 0.05) is 57.1 Å². The smallest absolute Gasteiger partial charge is 0.144 e. The molecule has 2 fully saturated rings. The molecule has 0 spiro atoms. The second kappa shape index (κ2) is 7.62. The molecule has 2 aliphatic rings. The van der Waals surface area contributed by atoms with Crippen molar-refractivity contribution in [3.05, 3.63) is 17.7 Å². The minimum atomic E-state index is 0.736. The van der Waals surface area contributed by atoms with Crippen LogP contribution in [0.4, 0.5) is 11.4 Å². The van der Waals surface area contributed by atoms with E-state index in [1.807, 2.05) is 12.1 Å². The van der Waals surface area contributed by atoms with Crippen molar-refractivity contribution in [2.75, 3.05) is 63.6 Å². The van der Waals surface area contributed by atoms with Gasteiger partial charge in [-0.2, -0.15) is 0 Å². The lowest BCUT2D eigenvalue weighted by Crippen LogP contribution is -2.53. The van der Waals surface area contributed by atoms with Crippen molar-refractivity contribution < 1.29 is 4.74 Å². The molecular formula is C19H32N4O. The Hall–Kier alpha value is -1.46. The monoisotopic (exact) mass is 332 g/mol. The molecule has 5 heteroatoms. The Balaban J connectivity index is 1.62. The van der Waals surface area contributed by atoms with Crippen molar-refractivity contribution in [2.24, 2.45) is 0 Å². The summed E-state index contributed by atoms with van der Waals surface area (Å²) in [5.41, 5.74) is 9.17. The fraction of sp³-hybridized carbons (Fsp3) is 0.684. The molecule has 1 aromatic rings. The largest absolute Gasteiger partial charge is 0.494 e. The minimum Gasteiger partial charge on any atom is -0.494 e. The number of hydrogen-bond acceptors (Lipinski definition) is 5. The van der Waals surface area contributed by atoms with Gasteiger partial charge >= 0.3 is 0 Å². The van der Waals surface area contributed by atoms with Gasteiger partial charge in [0.15, 0.2) is 0 Å². The molecule has 5 nitrogen and oxygen atoms in total. The van der Waals surface area contributed by atoms with Crippen LogP contribution in [0.1, 0.15) is 25.3 Å². The Morgan fingerprint density at radius 3 is 2.33 bits per heavy atom. The summed E-state index contributed by atoms with van der Waals surface area (Å²) in [5, 5.41) is 0. The van der Waals surface area contributed by atoms with Gasteiger partial charge in [0.2, 0.25) is 0 Å². The first-order valence-electron chi connectivity index (χ1n) is 9.27. The summed E-state index contributed by atoms with van der Waals surface area (Å²) in [4.78, 5) is 7.73. The molecule has 0 aliphatic carbocycles. The first kappa shape index (κ1) is 17.4. The van der Waals surface area contributed by atoms with Gasteiger partial charge in [0.1, 0.15) is 5.75 Å². The summed E-state index contributed by atoms with van der Waals surface area (Å²) < 4.78 is 5.59. The highest BCUT2D eigenvalue weighted by molar-refractivity contribution is 5.69. The molecule has 24 heavy (non-hydrogen) atoms. The normalized spacial score (nSPS) is 21.2. The maximum atomic E-state index is 5.97. The zero-order chi connectivity index (χ0) is 17.1. The Kier molecular flexibility index (Phi) is 5.51. The van der Waals surface area contributed by atoms with Gasteiger partial charge in [-0.15, -0.1) is 0 Å². The number of likely N-dealkylation sites (N-methyl/N-ethyl adjacent to an activating group) is 1. The standard InChI is InChI=1S/C19H32N4O/c1-4-21-9-11-22(12-10-21)17-5-7-23(8-6-17)19-15(2)13-16(20)14-18(19)24-3/h13-14,17H,4-12,20H2,1-3H3. The lowest BCUT2D eigenvalue weighted by molar-refractivity contribution is 0.0878. The van der Waals surface area contributed by atoms with Crippen LogP contribution in [0.2, 0.25) is 0 Å². The number of rotatable bonds is 4. The van der Waals surface area contributed by atoms with Gasteiger partial charge < -0.3 is 20.3 Å². The van der Waals surface area contributed by atoms with E-state index in [0.717, 1.165) is 30.6 Å². The number of nitrogens with zero attached hydrogens (tertiary/aromatic N) is 3. The molecule has 2 heterocycles. The first-order chi connectivity index (χ1) is 11.6. The van der Waals surface area contributed by atoms with Gasteiger partial charge in [0.25, 0.3) is 0 Å². The Bertz CT molecular complexity index is 547. The summed E-state index contributed by atoms with van der Waals surface area (Å²) in [5.74, 6) is 0.905. The molecule has 0 amide bonds. The molecule has 1 aromatic carbocycles. The average molecular weight is 332 g/mol. The summed E-state index contributed by atoms with van der Waals surface area (Å²) in [7, 11) is 1.73. The van der Waals surface area contributed by atoms with Gasteiger partial charge in [-0.05, 0) is 37.9 Å². The highest BCUT2D eigenvalue weighted by Gasteiger charge is 2.28. The summed E-state index contributed by atoms with van der Waals surface area (Å²) in [6.45, 7) is 12.7. The van der Waals surface area contributed by atoms with Crippen molar-refractivity contribution in [3.8, 4) is 5.75 Å². The van der Waals surface area contributed by atoms with Crippen LogP contribution < -0.4 is 15.4 Å². The third-order valence-electron chi connectivity index (χ3n) is 5.66. The zero-order valence-corrected chi connectivity index (χ0v) is 15.4. The van der Waals surface area contributed by atoms with Crippen molar-refractivity contribution in [1.82, 2.24) is 9.80 Å². The van der Waals surface area contributed by atoms with Crippen LogP contribution in [0.25, 0.3) is 0 Å². The lowest BCUT2D eigenvalue weighted by Gasteiger charge is -2.43. The summed E-state index contributed by atoms with van der Waals surface area (Å²) in [6, 6.07) is 4.73. The Morgan fingerprint density at radius 1 is 1.08 bits per heavy atom. The molecule has 134 valence electrons. The molecular weight excluding hydrogens is 300 g/mol. The number of hydrogen-bond donors (Lipinski definition) is 1. The van der Waals surface area contributed by atoms with Crippen LogP contribution in [0, 0.1) is 6.92 Å². The van der Waals surface area contributed by atoms with Crippen molar-refractivity contribution >= 4 is 11.4 Å². The number of ether oxygens (including phenoxy) is 1. The maximum absolute atomic E-state index is 5.97. The Labute approximate surface area is 146 Å². The van der Waals surface area contributed by atoms with E-state index in [1.54, 1.807) is 7.11 Å². The molecule has 2 N–H and O–H groups in total. The molecule has 2 saturated heterocycles. The third-order valence-corrected chi connectivity index (χ3v) is 5.66. The number of methoxy groups -OCH3 is 1. The van der Waals surface area contributed by atoms with Gasteiger partial charge in [-0.1, -0.05) is 6.92 Å². The minimum absolute atomic E-state index is 0.736. The molecule has 0 atom stereocenters. The van der Waals surface area contributed by atoms with Crippen molar-refractivity contribution in [2.45, 2.75) is 32.7 Å². The van der Waals surface area contributed by atoms with Crippen LogP contribution in [0.3, 0.4) is 0 Å². The van der Waals surface area contributed by atoms with E-state index in [0.29, 0.717) is 0 Å². The molecule has 3 rings (SSSR count). The number of piperazine rings is 1. The molecule has 0 aromatic heterocycles. The summed E-state index contributed by atoms with van der Waals surface area (Å²) in [6.07, 6.45) is 2.47. The van der Waals surface area contributed by atoms with Crippen molar-refractivity contribution in [1.29, 1.82) is 0 Å². The number of nitrogens with two attached hydrogens (primary N) is 1. The van der Waals surface area contributed by atoms with Crippen LogP contribution >= 0.6 is 0 Å². The number of benzene rings is 1. The second-order valence-corrected chi connectivity index (χ2v) is 7.08. The van der Waals surface area contributed by atoms with Crippen LogP contribution in [-0.4, -0.2) is 68.8 Å².